The summed E-state index contributed by atoms with van der Waals surface area (Å²) in [6, 6.07) is -0.0388. The molecule has 0 bridgehead atoms. The van der Waals surface area contributed by atoms with Gasteiger partial charge < -0.3 is 14.7 Å². The Morgan fingerprint density at radius 3 is 2.41 bits per heavy atom. The third kappa shape index (κ3) is 4.34. The summed E-state index contributed by atoms with van der Waals surface area (Å²) in [5.41, 5.74) is -0.797. The van der Waals surface area contributed by atoms with E-state index in [0.29, 0.717) is 19.5 Å². The number of amides is 1. The van der Waals surface area contributed by atoms with Crippen LogP contribution < -0.4 is 4.74 Å². The minimum atomic E-state index is -4.46. The molecule has 2 aliphatic rings. The number of halogens is 3. The van der Waals surface area contributed by atoms with Crippen molar-refractivity contribution in [2.24, 2.45) is 11.3 Å². The molecule has 1 spiro atoms. The molecule has 2 heterocycles. The van der Waals surface area contributed by atoms with E-state index in [4.69, 9.17) is 4.74 Å². The molecule has 0 radical (unpaired) electrons. The molecule has 150 valence electrons. The second-order valence-electron chi connectivity index (χ2n) is 7.55. The van der Waals surface area contributed by atoms with E-state index in [1.165, 1.54) is 0 Å². The fourth-order valence-corrected chi connectivity index (χ4v) is 3.87. The molecule has 2 fully saturated rings. The largest absolute Gasteiger partial charge is 0.460 e. The van der Waals surface area contributed by atoms with Gasteiger partial charge in [-0.05, 0) is 32.1 Å². The molecule has 1 N–H and O–H groups in total. The molecule has 1 aliphatic carbocycles. The zero-order valence-corrected chi connectivity index (χ0v) is 15.2. The number of rotatable bonds is 5. The summed E-state index contributed by atoms with van der Waals surface area (Å²) >= 11 is 0. The number of likely N-dealkylation sites (tertiary alicyclic amines) is 1. The first kappa shape index (κ1) is 19.9. The summed E-state index contributed by atoms with van der Waals surface area (Å²) < 4.78 is 43.2. The molecule has 1 atom stereocenters. The normalized spacial score (nSPS) is 21.0. The first-order chi connectivity index (χ1) is 12.8. The van der Waals surface area contributed by atoms with E-state index in [-0.39, 0.29) is 36.0 Å². The molecule has 1 saturated heterocycles. The van der Waals surface area contributed by atoms with E-state index in [0.717, 1.165) is 38.1 Å². The minimum absolute atomic E-state index is 0.0159. The van der Waals surface area contributed by atoms with Crippen molar-refractivity contribution in [3.8, 4) is 6.01 Å². The Morgan fingerprint density at radius 1 is 1.33 bits per heavy atom. The number of hydrogen-bond acceptors (Lipinski definition) is 5. The Labute approximate surface area is 155 Å². The average Bonchev–Trinajstić information content (AvgIpc) is 2.61. The van der Waals surface area contributed by atoms with E-state index >= 15 is 0 Å². The Morgan fingerprint density at radius 2 is 1.93 bits per heavy atom. The number of hydrogen-bond donors (Lipinski definition) is 1. The smallest absolute Gasteiger partial charge is 0.419 e. The van der Waals surface area contributed by atoms with Crippen LogP contribution in [0.15, 0.2) is 12.4 Å². The predicted molar refractivity (Wildman–Crippen MR) is 89.8 cm³/mol. The fourth-order valence-electron chi connectivity index (χ4n) is 3.87. The topological polar surface area (TPSA) is 75.5 Å². The zero-order chi connectivity index (χ0) is 19.7. The van der Waals surface area contributed by atoms with Gasteiger partial charge in [0.2, 0.25) is 5.91 Å². The number of nitrogens with zero attached hydrogens (tertiary/aromatic N) is 3. The van der Waals surface area contributed by atoms with Crippen LogP contribution in [0.2, 0.25) is 0 Å². The average molecular weight is 387 g/mol. The Kier molecular flexibility index (Phi) is 5.60. The van der Waals surface area contributed by atoms with Gasteiger partial charge in [-0.25, -0.2) is 9.97 Å². The summed E-state index contributed by atoms with van der Waals surface area (Å²) in [4.78, 5) is 21.4. The minimum Gasteiger partial charge on any atom is -0.460 e. The van der Waals surface area contributed by atoms with Crippen LogP contribution in [0.1, 0.15) is 44.6 Å². The van der Waals surface area contributed by atoms with Gasteiger partial charge in [0.25, 0.3) is 0 Å². The highest BCUT2D eigenvalue weighted by Crippen LogP contribution is 2.45. The molecule has 0 unspecified atom stereocenters. The number of aromatic nitrogens is 2. The van der Waals surface area contributed by atoms with Crippen LogP contribution in [-0.2, 0) is 11.0 Å². The lowest BCUT2D eigenvalue weighted by molar-refractivity contribution is -0.152. The molecule has 0 aromatic carbocycles. The first-order valence-corrected chi connectivity index (χ1v) is 9.22. The summed E-state index contributed by atoms with van der Waals surface area (Å²) in [6.45, 7) is 3.17. The highest BCUT2D eigenvalue weighted by molar-refractivity contribution is 5.80. The molecular weight excluding hydrogens is 363 g/mol. The number of aliphatic hydroxyl groups is 1. The molecule has 1 aromatic heterocycles. The van der Waals surface area contributed by atoms with Gasteiger partial charge in [-0.1, -0.05) is 6.92 Å². The molecule has 9 heteroatoms. The van der Waals surface area contributed by atoms with E-state index in [1.54, 1.807) is 0 Å². The summed E-state index contributed by atoms with van der Waals surface area (Å²) in [5.74, 6) is -0.305. The maximum absolute atomic E-state index is 12.5. The van der Waals surface area contributed by atoms with Gasteiger partial charge in [-0.3, -0.25) is 4.79 Å². The van der Waals surface area contributed by atoms with Gasteiger partial charge in [-0.15, -0.1) is 0 Å². The summed E-state index contributed by atoms with van der Waals surface area (Å²) in [6.07, 6.45) is 0.778. The van der Waals surface area contributed by atoms with Gasteiger partial charge >= 0.3 is 12.2 Å². The van der Waals surface area contributed by atoms with Gasteiger partial charge in [0.15, 0.2) is 0 Å². The molecule has 1 amide bonds. The Hall–Kier alpha value is -1.90. The molecule has 1 saturated carbocycles. The second-order valence-corrected chi connectivity index (χ2v) is 7.55. The van der Waals surface area contributed by atoms with Crippen LogP contribution in [0.5, 0.6) is 6.01 Å². The monoisotopic (exact) mass is 387 g/mol. The maximum atomic E-state index is 12.5. The Bertz CT molecular complexity index is 646. The van der Waals surface area contributed by atoms with Crippen LogP contribution >= 0.6 is 0 Å². The van der Waals surface area contributed by atoms with E-state index < -0.39 is 11.7 Å². The molecule has 27 heavy (non-hydrogen) atoms. The zero-order valence-electron chi connectivity index (χ0n) is 15.2. The second kappa shape index (κ2) is 7.61. The number of aliphatic hydroxyl groups excluding tert-OH is 1. The van der Waals surface area contributed by atoms with Crippen LogP contribution in [0, 0.1) is 11.3 Å². The first-order valence-electron chi connectivity index (χ1n) is 9.22. The predicted octanol–water partition coefficient (Wildman–Crippen LogP) is 2.66. The van der Waals surface area contributed by atoms with Crippen LogP contribution in [0.3, 0.4) is 0 Å². The van der Waals surface area contributed by atoms with Crippen LogP contribution in [-0.4, -0.2) is 51.7 Å². The lowest BCUT2D eigenvalue weighted by Crippen LogP contribution is -2.61. The van der Waals surface area contributed by atoms with E-state index in [1.807, 2.05) is 11.8 Å². The maximum Gasteiger partial charge on any atom is 0.419 e. The third-order valence-corrected chi connectivity index (χ3v) is 5.65. The van der Waals surface area contributed by atoms with Crippen molar-refractivity contribution in [1.29, 1.82) is 0 Å². The highest BCUT2D eigenvalue weighted by atomic mass is 19.4. The van der Waals surface area contributed by atoms with E-state index in [2.05, 4.69) is 9.97 Å². The lowest BCUT2D eigenvalue weighted by Gasteiger charge is -2.53. The highest BCUT2D eigenvalue weighted by Gasteiger charge is 2.48. The van der Waals surface area contributed by atoms with E-state index in [9.17, 15) is 23.1 Å². The van der Waals surface area contributed by atoms with Crippen molar-refractivity contribution in [3.05, 3.63) is 18.0 Å². The fraction of sp³-hybridized carbons (Fsp3) is 0.722. The number of carbonyl (C=O) groups excluding carboxylic acids is 1. The van der Waals surface area contributed by atoms with Crippen molar-refractivity contribution in [2.75, 3.05) is 19.7 Å². The summed E-state index contributed by atoms with van der Waals surface area (Å²) in [5, 5.41) is 9.27. The third-order valence-electron chi connectivity index (χ3n) is 5.65. The molecule has 3 rings (SSSR count). The lowest BCUT2D eigenvalue weighted by atomic mass is 9.67. The SMILES string of the molecule is CC[C@H](CO)C(=O)N1CC2(CCC(Oc3ncc(C(F)(F)F)cn3)CC2)C1. The van der Waals surface area contributed by atoms with Crippen molar-refractivity contribution in [3.63, 3.8) is 0 Å². The molecule has 1 aromatic rings. The standard InChI is InChI=1S/C18H24F3N3O3/c1-2-12(9-25)15(26)24-10-17(11-24)5-3-14(4-6-17)27-16-22-7-13(8-23-16)18(19,20)21/h7-8,12,14,25H,2-6,9-11H2,1H3/t12-/m1/s1. The van der Waals surface area contributed by atoms with Crippen LogP contribution in [0.4, 0.5) is 13.2 Å². The molecule has 1 aliphatic heterocycles. The molecule has 6 nitrogen and oxygen atoms in total. The number of ether oxygens (including phenoxy) is 1. The summed E-state index contributed by atoms with van der Waals surface area (Å²) in [7, 11) is 0. The number of alkyl halides is 3. The van der Waals surface area contributed by atoms with Gasteiger partial charge in [0.1, 0.15) is 6.10 Å². The number of carbonyl (C=O) groups is 1. The van der Waals surface area contributed by atoms with Crippen molar-refractivity contribution < 1.29 is 27.8 Å². The van der Waals surface area contributed by atoms with Gasteiger partial charge in [-0.2, -0.15) is 13.2 Å². The van der Waals surface area contributed by atoms with Crippen molar-refractivity contribution in [1.82, 2.24) is 14.9 Å². The van der Waals surface area contributed by atoms with Gasteiger partial charge in [0.05, 0.1) is 18.1 Å². The van der Waals surface area contributed by atoms with Crippen molar-refractivity contribution in [2.45, 2.75) is 51.3 Å². The van der Waals surface area contributed by atoms with Crippen molar-refractivity contribution >= 4 is 5.91 Å². The van der Waals surface area contributed by atoms with Gasteiger partial charge in [0, 0.05) is 30.9 Å². The Balaban J connectivity index is 1.47. The quantitative estimate of drug-likeness (QED) is 0.841. The van der Waals surface area contributed by atoms with Crippen LogP contribution in [0.25, 0.3) is 0 Å². The molecular formula is C18H24F3N3O3.